The molecule has 0 saturated heterocycles. The Balaban J connectivity index is 1.19. The van der Waals surface area contributed by atoms with Gasteiger partial charge in [0.15, 0.2) is 0 Å². The Morgan fingerprint density at radius 1 is 0.474 bits per heavy atom. The van der Waals surface area contributed by atoms with E-state index in [2.05, 4.69) is 174 Å². The van der Waals surface area contributed by atoms with Gasteiger partial charge in [-0.2, -0.15) is 5.26 Å². The summed E-state index contributed by atoms with van der Waals surface area (Å²) < 4.78 is 0. The number of hydrogen-bond acceptors (Lipinski definition) is 4. The number of thiophene rings is 1. The van der Waals surface area contributed by atoms with Crippen molar-refractivity contribution in [1.29, 1.82) is 5.26 Å². The quantitative estimate of drug-likeness (QED) is 0.0484. The molecule has 0 atom stereocenters. The zero-order valence-electron chi connectivity index (χ0n) is 46.2. The second kappa shape index (κ2) is 22.6. The van der Waals surface area contributed by atoms with Crippen LogP contribution in [0.4, 0.5) is 17.1 Å². The largest absolute Gasteiger partial charge is 0.477 e. The Hall–Kier alpha value is -6.48. The van der Waals surface area contributed by atoms with E-state index >= 15 is 0 Å². The topological polar surface area (TPSA) is 64.3 Å². The maximum Gasteiger partial charge on any atom is 0.346 e. The molecule has 1 aromatic heterocycles. The van der Waals surface area contributed by atoms with Crippen LogP contribution in [-0.4, -0.2) is 11.1 Å². The van der Waals surface area contributed by atoms with Crippen molar-refractivity contribution in [3.8, 4) is 49.9 Å². The lowest BCUT2D eigenvalue weighted by atomic mass is 9.70. The van der Waals surface area contributed by atoms with E-state index in [1.54, 1.807) is 11.3 Å². The highest BCUT2D eigenvalue weighted by Crippen LogP contribution is 2.60. The molecule has 0 bridgehead atoms. The fourth-order valence-corrected chi connectivity index (χ4v) is 15.1. The molecule has 0 fully saturated rings. The monoisotopic (exact) mass is 1020 g/mol. The summed E-state index contributed by atoms with van der Waals surface area (Å²) in [5, 5.41) is 19.2. The van der Waals surface area contributed by atoms with Crippen molar-refractivity contribution in [3.63, 3.8) is 0 Å². The van der Waals surface area contributed by atoms with Crippen LogP contribution in [0.3, 0.4) is 0 Å². The second-order valence-electron chi connectivity index (χ2n) is 22.4. The number of aliphatic carboxylic acids is 1. The molecule has 0 saturated carbocycles. The fraction of sp³-hybridized carbons (Fsp3) is 0.380. The molecule has 1 N–H and O–H groups in total. The lowest BCUT2D eigenvalue weighted by Gasteiger charge is -2.36. The molecule has 0 radical (unpaired) electrons. The van der Waals surface area contributed by atoms with Crippen molar-refractivity contribution in [2.45, 2.75) is 173 Å². The zero-order chi connectivity index (χ0) is 53.0. The zero-order valence-corrected chi connectivity index (χ0v) is 47.0. The number of nitrogens with zero attached hydrogens (tertiary/aromatic N) is 2. The van der Waals surface area contributed by atoms with Gasteiger partial charge in [-0.25, -0.2) is 4.79 Å². The summed E-state index contributed by atoms with van der Waals surface area (Å²) in [7, 11) is 0. The third-order valence-corrected chi connectivity index (χ3v) is 19.0. The molecular formula is C71H78N2O2S. The Morgan fingerprint density at radius 2 is 0.829 bits per heavy atom. The molecular weight excluding hydrogens is 945 g/mol. The Morgan fingerprint density at radius 3 is 1.21 bits per heavy atom. The van der Waals surface area contributed by atoms with E-state index in [-0.39, 0.29) is 21.8 Å². The van der Waals surface area contributed by atoms with Gasteiger partial charge in [-0.1, -0.05) is 197 Å². The third-order valence-electron chi connectivity index (χ3n) is 17.9. The van der Waals surface area contributed by atoms with E-state index in [0.29, 0.717) is 0 Å². The summed E-state index contributed by atoms with van der Waals surface area (Å²) in [6.45, 7) is 14.0. The molecule has 0 amide bonds. The van der Waals surface area contributed by atoms with Crippen LogP contribution < -0.4 is 4.90 Å². The van der Waals surface area contributed by atoms with Crippen molar-refractivity contribution >= 4 is 40.4 Å². The summed E-state index contributed by atoms with van der Waals surface area (Å²) in [5.74, 6) is -1.20. The number of rotatable bonds is 24. The number of hydrogen-bond donors (Lipinski definition) is 1. The van der Waals surface area contributed by atoms with Gasteiger partial charge >= 0.3 is 5.97 Å². The molecule has 3 aliphatic rings. The summed E-state index contributed by atoms with van der Waals surface area (Å²) in [6.07, 6.45) is 22.1. The normalized spacial score (nSPS) is 14.8. The molecule has 390 valence electrons. The minimum atomic E-state index is -1.20. The number of carboxylic acid groups (broad SMARTS) is 1. The highest BCUT2D eigenvalue weighted by atomic mass is 32.1. The van der Waals surface area contributed by atoms with Crippen LogP contribution >= 0.6 is 11.3 Å². The first-order valence-electron chi connectivity index (χ1n) is 29.2. The van der Waals surface area contributed by atoms with Crippen molar-refractivity contribution < 1.29 is 9.90 Å². The lowest BCUT2D eigenvalue weighted by Crippen LogP contribution is -2.27. The van der Waals surface area contributed by atoms with Gasteiger partial charge in [0.05, 0.1) is 0 Å². The van der Waals surface area contributed by atoms with Crippen LogP contribution in [0.15, 0.2) is 139 Å². The van der Waals surface area contributed by atoms with Crippen LogP contribution in [0.1, 0.15) is 195 Å². The average Bonchev–Trinajstić information content (AvgIpc) is 4.23. The molecule has 76 heavy (non-hydrogen) atoms. The van der Waals surface area contributed by atoms with E-state index in [0.717, 1.165) is 79.5 Å². The van der Waals surface area contributed by atoms with Gasteiger partial charge in [0.1, 0.15) is 11.6 Å². The lowest BCUT2D eigenvalue weighted by molar-refractivity contribution is -0.132. The van der Waals surface area contributed by atoms with E-state index in [9.17, 15) is 15.2 Å². The van der Waals surface area contributed by atoms with E-state index < -0.39 is 5.97 Å². The molecule has 0 spiro atoms. The first kappa shape index (κ1) is 52.9. The van der Waals surface area contributed by atoms with E-state index in [4.69, 9.17) is 0 Å². The van der Waals surface area contributed by atoms with Crippen molar-refractivity contribution in [2.75, 3.05) is 4.90 Å². The minimum Gasteiger partial charge on any atom is -0.477 e. The van der Waals surface area contributed by atoms with Crippen LogP contribution in [0.5, 0.6) is 0 Å². The predicted molar refractivity (Wildman–Crippen MR) is 321 cm³/mol. The van der Waals surface area contributed by atoms with Gasteiger partial charge in [-0.05, 0) is 172 Å². The van der Waals surface area contributed by atoms with Crippen LogP contribution in [0.2, 0.25) is 0 Å². The molecule has 0 aliphatic heterocycles. The highest BCUT2D eigenvalue weighted by molar-refractivity contribution is 7.16. The van der Waals surface area contributed by atoms with Crippen molar-refractivity contribution in [1.82, 2.24) is 0 Å². The molecule has 0 unspecified atom stereocenters. The smallest absolute Gasteiger partial charge is 0.346 e. The maximum atomic E-state index is 11.8. The Kier molecular flexibility index (Phi) is 15.8. The van der Waals surface area contributed by atoms with Gasteiger partial charge in [-0.15, -0.1) is 11.3 Å². The fourth-order valence-electron chi connectivity index (χ4n) is 14.1. The van der Waals surface area contributed by atoms with E-state index in [1.807, 2.05) is 12.1 Å². The molecule has 10 rings (SSSR count). The third kappa shape index (κ3) is 9.17. The van der Waals surface area contributed by atoms with Crippen LogP contribution in [0.25, 0.3) is 49.9 Å². The number of benzene rings is 6. The van der Waals surface area contributed by atoms with Crippen LogP contribution in [0, 0.1) is 11.3 Å². The summed E-state index contributed by atoms with van der Waals surface area (Å²) in [6, 6.07) is 54.1. The number of anilines is 3. The SMILES string of the molecule is CCCCC1(CCCC)c2ccccc2-c2ccc(N(c3ccc4c(c3)C(CCCC)(CCCC)c3ccccc3-4)c3ccc4c(c3)C(CCCC)(CCCC)c3cc(-c5ccc(/C=C(\C#N)C(=O)O)s5)ccc3-4)cc21. The summed E-state index contributed by atoms with van der Waals surface area (Å²) >= 11 is 1.54. The van der Waals surface area contributed by atoms with Gasteiger partial charge in [0.2, 0.25) is 0 Å². The number of unbranched alkanes of at least 4 members (excludes halogenated alkanes) is 6. The number of fused-ring (bicyclic) bond motifs is 9. The van der Waals surface area contributed by atoms with Gasteiger partial charge < -0.3 is 10.0 Å². The predicted octanol–water partition coefficient (Wildman–Crippen LogP) is 20.8. The molecule has 3 aliphatic carbocycles. The molecule has 1 heterocycles. The molecule has 7 aromatic rings. The van der Waals surface area contributed by atoms with Crippen LogP contribution in [-0.2, 0) is 21.0 Å². The number of carbonyl (C=O) groups is 1. The summed E-state index contributed by atoms with van der Waals surface area (Å²) in [5.41, 5.74) is 21.3. The Labute approximate surface area is 458 Å². The van der Waals surface area contributed by atoms with E-state index in [1.165, 1.54) is 141 Å². The first-order chi connectivity index (χ1) is 37.1. The minimum absolute atomic E-state index is 0.0463. The number of carboxylic acids is 1. The molecule has 4 nitrogen and oxygen atoms in total. The summed E-state index contributed by atoms with van der Waals surface area (Å²) in [4.78, 5) is 16.3. The first-order valence-corrected chi connectivity index (χ1v) is 30.0. The Bertz CT molecular complexity index is 3180. The molecule has 5 heteroatoms. The molecule has 6 aromatic carbocycles. The van der Waals surface area contributed by atoms with Gasteiger partial charge in [-0.3, -0.25) is 0 Å². The van der Waals surface area contributed by atoms with Crippen molar-refractivity contribution in [2.24, 2.45) is 0 Å². The van der Waals surface area contributed by atoms with Gasteiger partial charge in [0, 0.05) is 43.1 Å². The number of nitriles is 1. The maximum absolute atomic E-state index is 11.8. The highest BCUT2D eigenvalue weighted by Gasteiger charge is 2.46. The second-order valence-corrected chi connectivity index (χ2v) is 23.5. The van der Waals surface area contributed by atoms with Gasteiger partial charge in [0.25, 0.3) is 0 Å². The van der Waals surface area contributed by atoms with Crippen molar-refractivity contribution in [3.05, 3.63) is 177 Å². The average molecular weight is 1020 g/mol. The standard InChI is InChI=1S/C71H78N2O2S/c1-7-13-37-69(38-14-8-2)61-25-21-19-23-55(61)58-33-28-51(45-64(58)69)73(52-29-34-59-56-24-20-22-26-62(56)70(39-15-9-3,40-16-10-4)65(59)46-52)53-30-35-60-57-32-27-49(67-36-31-54(76-67)43-50(48-72)68(74)75)44-63(57)71(41-17-11-5,42-18-12-6)66(60)47-53/h19-36,43-47H,7-18,37-42H2,1-6H3,(H,74,75)/b50-43+.